The number of nitrogens with zero attached hydrogens (tertiary/aromatic N) is 2. The lowest BCUT2D eigenvalue weighted by atomic mass is 9.73. The molecule has 3 aromatic rings. The second-order valence-corrected chi connectivity index (χ2v) is 10.6. The van der Waals surface area contributed by atoms with Crippen LogP contribution in [0.2, 0.25) is 0 Å². The molecule has 0 aromatic heterocycles. The Kier molecular flexibility index (Phi) is 8.63. The number of amides is 1. The number of carbonyl (C=O) groups excluding carboxylic acids is 1. The van der Waals surface area contributed by atoms with Crippen molar-refractivity contribution >= 4 is 5.91 Å². The van der Waals surface area contributed by atoms with Gasteiger partial charge in [-0.3, -0.25) is 9.69 Å². The van der Waals surface area contributed by atoms with E-state index in [-0.39, 0.29) is 17.7 Å². The van der Waals surface area contributed by atoms with E-state index < -0.39 is 41.3 Å². The van der Waals surface area contributed by atoms with Crippen molar-refractivity contribution < 1.29 is 31.1 Å². The van der Waals surface area contributed by atoms with Gasteiger partial charge in [-0.15, -0.1) is 0 Å². The van der Waals surface area contributed by atoms with E-state index in [1.165, 1.54) is 10.5 Å². The summed E-state index contributed by atoms with van der Waals surface area (Å²) in [6.45, 7) is 0.774. The summed E-state index contributed by atoms with van der Waals surface area (Å²) in [5.74, 6) is -0.535. The Bertz CT molecular complexity index is 1250. The molecule has 1 fully saturated rings. The molecule has 9 heteroatoms. The Morgan fingerprint density at radius 1 is 0.775 bits per heavy atom. The molecule has 0 unspecified atom stereocenters. The SMILES string of the molecule is CN(Cc1ccccc1)C1CCC(c2ccccc2)(N(C)C(=O)Cc2cc(C(F)(F)F)cc(C(F)(F)F)c2)CC1. The Labute approximate surface area is 230 Å². The van der Waals surface area contributed by atoms with Gasteiger partial charge in [-0.05, 0) is 67.6 Å². The topological polar surface area (TPSA) is 23.6 Å². The van der Waals surface area contributed by atoms with E-state index in [9.17, 15) is 31.1 Å². The number of alkyl halides is 6. The molecule has 0 spiro atoms. The largest absolute Gasteiger partial charge is 0.416 e. The highest BCUT2D eigenvalue weighted by atomic mass is 19.4. The van der Waals surface area contributed by atoms with Crippen molar-refractivity contribution in [1.82, 2.24) is 9.80 Å². The number of carbonyl (C=O) groups is 1. The maximum absolute atomic E-state index is 13.5. The monoisotopic (exact) mass is 562 g/mol. The number of hydrogen-bond acceptors (Lipinski definition) is 2. The molecule has 1 amide bonds. The minimum atomic E-state index is -4.97. The number of likely N-dealkylation sites (N-methyl/N-ethyl adjacent to an activating group) is 1. The molecule has 0 atom stereocenters. The molecule has 0 aliphatic heterocycles. The number of hydrogen-bond donors (Lipinski definition) is 0. The lowest BCUT2D eigenvalue weighted by Gasteiger charge is -2.48. The highest BCUT2D eigenvalue weighted by molar-refractivity contribution is 5.79. The third-order valence-corrected chi connectivity index (χ3v) is 8.01. The van der Waals surface area contributed by atoms with Gasteiger partial charge in [0.15, 0.2) is 0 Å². The van der Waals surface area contributed by atoms with Crippen LogP contribution in [0, 0.1) is 0 Å². The second kappa shape index (κ2) is 11.6. The summed E-state index contributed by atoms with van der Waals surface area (Å²) < 4.78 is 80.3. The van der Waals surface area contributed by atoms with Gasteiger partial charge in [-0.25, -0.2) is 0 Å². The third kappa shape index (κ3) is 6.69. The molecule has 0 bridgehead atoms. The molecule has 0 saturated heterocycles. The average molecular weight is 563 g/mol. The van der Waals surface area contributed by atoms with E-state index in [0.717, 1.165) is 24.9 Å². The van der Waals surface area contributed by atoms with Crippen LogP contribution in [0.4, 0.5) is 26.3 Å². The van der Waals surface area contributed by atoms with Gasteiger partial charge >= 0.3 is 12.4 Å². The molecule has 0 heterocycles. The zero-order valence-electron chi connectivity index (χ0n) is 22.4. The molecule has 0 radical (unpaired) electrons. The van der Waals surface area contributed by atoms with Gasteiger partial charge in [0, 0.05) is 19.6 Å². The van der Waals surface area contributed by atoms with Crippen LogP contribution in [0.5, 0.6) is 0 Å². The molecule has 214 valence electrons. The molecule has 40 heavy (non-hydrogen) atoms. The number of rotatable bonds is 7. The van der Waals surface area contributed by atoms with Crippen LogP contribution in [-0.2, 0) is 35.7 Å². The molecular weight excluding hydrogens is 530 g/mol. The average Bonchev–Trinajstić information content (AvgIpc) is 2.92. The smallest absolute Gasteiger partial charge is 0.336 e. The van der Waals surface area contributed by atoms with Crippen LogP contribution in [0.15, 0.2) is 78.9 Å². The number of halogens is 6. The van der Waals surface area contributed by atoms with Crippen molar-refractivity contribution in [3.8, 4) is 0 Å². The maximum Gasteiger partial charge on any atom is 0.416 e. The van der Waals surface area contributed by atoms with Gasteiger partial charge in [0.25, 0.3) is 0 Å². The van der Waals surface area contributed by atoms with Crippen LogP contribution in [0.1, 0.15) is 53.5 Å². The number of benzene rings is 3. The van der Waals surface area contributed by atoms with Gasteiger partial charge in [0.2, 0.25) is 5.91 Å². The van der Waals surface area contributed by atoms with Crippen LogP contribution in [-0.4, -0.2) is 35.8 Å². The van der Waals surface area contributed by atoms with E-state index in [1.807, 2.05) is 48.5 Å². The van der Waals surface area contributed by atoms with E-state index in [4.69, 9.17) is 0 Å². The standard InChI is InChI=1S/C31H32F6N2O/c1-38(21-22-9-5-3-6-10-22)27-13-15-29(16-14-27,24-11-7-4-8-12-24)39(2)28(40)19-23-17-25(30(32,33)34)20-26(18-23)31(35,36)37/h3-12,17-18,20,27H,13-16,19,21H2,1-2H3. The Morgan fingerprint density at radius 2 is 1.27 bits per heavy atom. The summed E-state index contributed by atoms with van der Waals surface area (Å²) in [6, 6.07) is 21.1. The summed E-state index contributed by atoms with van der Waals surface area (Å²) in [7, 11) is 3.66. The maximum atomic E-state index is 13.5. The highest BCUT2D eigenvalue weighted by Crippen LogP contribution is 2.43. The normalized spacial score (nSPS) is 20.0. The molecule has 1 saturated carbocycles. The van der Waals surface area contributed by atoms with Gasteiger partial charge < -0.3 is 4.90 Å². The summed E-state index contributed by atoms with van der Waals surface area (Å²) >= 11 is 0. The van der Waals surface area contributed by atoms with Crippen LogP contribution < -0.4 is 0 Å². The van der Waals surface area contributed by atoms with Crippen molar-refractivity contribution in [2.75, 3.05) is 14.1 Å². The third-order valence-electron chi connectivity index (χ3n) is 8.01. The summed E-state index contributed by atoms with van der Waals surface area (Å²) in [5.41, 5.74) is -1.80. The van der Waals surface area contributed by atoms with Gasteiger partial charge in [-0.1, -0.05) is 60.7 Å². The van der Waals surface area contributed by atoms with Crippen LogP contribution in [0.25, 0.3) is 0 Å². The van der Waals surface area contributed by atoms with Crippen molar-refractivity contribution in [2.24, 2.45) is 0 Å². The summed E-state index contributed by atoms with van der Waals surface area (Å²) in [4.78, 5) is 17.3. The minimum absolute atomic E-state index is 0.0797. The van der Waals surface area contributed by atoms with Crippen LogP contribution >= 0.6 is 0 Å². The van der Waals surface area contributed by atoms with Gasteiger partial charge in [-0.2, -0.15) is 26.3 Å². The first kappa shape index (κ1) is 29.6. The second-order valence-electron chi connectivity index (χ2n) is 10.6. The molecule has 1 aliphatic carbocycles. The van der Waals surface area contributed by atoms with Gasteiger partial charge in [0.05, 0.1) is 23.1 Å². The predicted octanol–water partition coefficient (Wildman–Crippen LogP) is 7.70. The fourth-order valence-electron chi connectivity index (χ4n) is 5.74. The van der Waals surface area contributed by atoms with Crippen molar-refractivity contribution in [1.29, 1.82) is 0 Å². The first-order chi connectivity index (χ1) is 18.8. The van der Waals surface area contributed by atoms with E-state index in [2.05, 4.69) is 24.1 Å². The van der Waals surface area contributed by atoms with Crippen molar-refractivity contribution in [2.45, 2.75) is 62.6 Å². The molecule has 3 nitrogen and oxygen atoms in total. The molecule has 1 aliphatic rings. The lowest BCUT2D eigenvalue weighted by Crippen LogP contribution is -2.52. The van der Waals surface area contributed by atoms with E-state index >= 15 is 0 Å². The Hall–Kier alpha value is -3.33. The first-order valence-electron chi connectivity index (χ1n) is 13.1. The highest BCUT2D eigenvalue weighted by Gasteiger charge is 2.43. The molecular formula is C31H32F6N2O. The summed E-state index contributed by atoms with van der Waals surface area (Å²) in [5, 5.41) is 0. The fraction of sp³-hybridized carbons (Fsp3) is 0.387. The Morgan fingerprint density at radius 3 is 1.77 bits per heavy atom. The van der Waals surface area contributed by atoms with Crippen molar-refractivity contribution in [3.05, 3.63) is 107 Å². The van der Waals surface area contributed by atoms with Gasteiger partial charge in [0.1, 0.15) is 0 Å². The van der Waals surface area contributed by atoms with Crippen LogP contribution in [0.3, 0.4) is 0 Å². The zero-order chi connectivity index (χ0) is 29.1. The molecule has 3 aromatic carbocycles. The predicted molar refractivity (Wildman–Crippen MR) is 141 cm³/mol. The fourth-order valence-corrected chi connectivity index (χ4v) is 5.74. The zero-order valence-corrected chi connectivity index (χ0v) is 22.4. The minimum Gasteiger partial charge on any atom is -0.336 e. The molecule has 4 rings (SSSR count). The lowest BCUT2D eigenvalue weighted by molar-refractivity contribution is -0.144. The first-order valence-corrected chi connectivity index (χ1v) is 13.1. The van der Waals surface area contributed by atoms with E-state index in [1.54, 1.807) is 7.05 Å². The quantitative estimate of drug-likeness (QED) is 0.276. The Balaban J connectivity index is 1.57. The van der Waals surface area contributed by atoms with Crippen molar-refractivity contribution in [3.63, 3.8) is 0 Å². The molecule has 0 N–H and O–H groups in total. The van der Waals surface area contributed by atoms with E-state index in [0.29, 0.717) is 25.0 Å². The summed E-state index contributed by atoms with van der Waals surface area (Å²) in [6.07, 6.45) is -7.75.